The van der Waals surface area contributed by atoms with Gasteiger partial charge in [0.1, 0.15) is 0 Å². The maximum atomic E-state index is 13.7. The van der Waals surface area contributed by atoms with Gasteiger partial charge in [-0.1, -0.05) is 42.0 Å². The van der Waals surface area contributed by atoms with Gasteiger partial charge in [0.25, 0.3) is 5.91 Å². The zero-order valence-electron chi connectivity index (χ0n) is 19.8. The number of nitrogens with zero attached hydrogens (tertiary/aromatic N) is 2. The molecule has 1 aromatic heterocycles. The molecular formula is C27H28N2O6. The molecule has 35 heavy (non-hydrogen) atoms. The Kier molecular flexibility index (Phi) is 6.32. The molecule has 1 N–H and O–H groups in total. The van der Waals surface area contributed by atoms with Crippen molar-refractivity contribution in [1.29, 1.82) is 0 Å². The van der Waals surface area contributed by atoms with Crippen LogP contribution in [0.2, 0.25) is 0 Å². The number of ketones is 1. The van der Waals surface area contributed by atoms with E-state index in [0.29, 0.717) is 43.0 Å². The Morgan fingerprint density at radius 3 is 2.57 bits per heavy atom. The molecule has 8 heteroatoms. The lowest BCUT2D eigenvalue weighted by Crippen LogP contribution is -2.43. The first kappa shape index (κ1) is 23.1. The van der Waals surface area contributed by atoms with E-state index in [4.69, 9.17) is 13.9 Å². The first-order valence-corrected chi connectivity index (χ1v) is 11.7. The summed E-state index contributed by atoms with van der Waals surface area (Å²) in [4.78, 5) is 30.7. The number of methoxy groups -OCH3 is 1. The van der Waals surface area contributed by atoms with E-state index >= 15 is 0 Å². The van der Waals surface area contributed by atoms with Crippen molar-refractivity contribution in [2.24, 2.45) is 0 Å². The second-order valence-electron chi connectivity index (χ2n) is 8.85. The zero-order chi connectivity index (χ0) is 24.5. The Hall–Kier alpha value is -3.62. The van der Waals surface area contributed by atoms with E-state index in [-0.39, 0.29) is 11.3 Å². The molecule has 2 aliphatic rings. The molecule has 0 spiro atoms. The van der Waals surface area contributed by atoms with Crippen molar-refractivity contribution >= 4 is 22.7 Å². The minimum atomic E-state index is -0.716. The fourth-order valence-electron chi connectivity index (χ4n) is 4.73. The molecular weight excluding hydrogens is 448 g/mol. The van der Waals surface area contributed by atoms with E-state index < -0.39 is 23.5 Å². The monoisotopic (exact) mass is 476 g/mol. The summed E-state index contributed by atoms with van der Waals surface area (Å²) in [5, 5.41) is 11.6. The first-order chi connectivity index (χ1) is 17.0. The van der Waals surface area contributed by atoms with Gasteiger partial charge >= 0.3 is 0 Å². The van der Waals surface area contributed by atoms with Crippen molar-refractivity contribution < 1.29 is 28.6 Å². The summed E-state index contributed by atoms with van der Waals surface area (Å²) in [6, 6.07) is 13.9. The molecule has 2 aliphatic heterocycles. The molecule has 1 amide bonds. The second kappa shape index (κ2) is 9.56. The Morgan fingerprint density at radius 1 is 1.11 bits per heavy atom. The third kappa shape index (κ3) is 4.31. The maximum Gasteiger partial charge on any atom is 0.290 e. The minimum absolute atomic E-state index is 0.0267. The van der Waals surface area contributed by atoms with Gasteiger partial charge in [-0.15, -0.1) is 0 Å². The summed E-state index contributed by atoms with van der Waals surface area (Å²) in [5.41, 5.74) is 2.29. The second-order valence-corrected chi connectivity index (χ2v) is 8.85. The van der Waals surface area contributed by atoms with Crippen LogP contribution in [0.3, 0.4) is 0 Å². The largest absolute Gasteiger partial charge is 0.503 e. The average molecular weight is 477 g/mol. The van der Waals surface area contributed by atoms with E-state index in [2.05, 4.69) is 4.90 Å². The molecule has 3 heterocycles. The van der Waals surface area contributed by atoms with Gasteiger partial charge in [0.15, 0.2) is 22.9 Å². The number of furan rings is 1. The molecule has 0 saturated carbocycles. The molecule has 0 bridgehead atoms. The summed E-state index contributed by atoms with van der Waals surface area (Å²) < 4.78 is 16.6. The van der Waals surface area contributed by atoms with E-state index in [0.717, 1.165) is 24.2 Å². The normalized spacial score (nSPS) is 19.1. The van der Waals surface area contributed by atoms with Crippen LogP contribution in [0.5, 0.6) is 5.75 Å². The van der Waals surface area contributed by atoms with Gasteiger partial charge < -0.3 is 23.9 Å². The van der Waals surface area contributed by atoms with Crippen LogP contribution >= 0.6 is 0 Å². The molecule has 1 atom stereocenters. The molecule has 0 aliphatic carbocycles. The van der Waals surface area contributed by atoms with Crippen molar-refractivity contribution in [3.8, 4) is 5.75 Å². The van der Waals surface area contributed by atoms with Crippen LogP contribution in [-0.2, 0) is 9.53 Å². The van der Waals surface area contributed by atoms with Crippen molar-refractivity contribution in [3.63, 3.8) is 0 Å². The van der Waals surface area contributed by atoms with Gasteiger partial charge in [0, 0.05) is 31.6 Å². The molecule has 1 fully saturated rings. The number of carbonyl (C=O) groups excluding carboxylic acids is 2. The van der Waals surface area contributed by atoms with Gasteiger partial charge in [0.05, 0.1) is 31.9 Å². The lowest BCUT2D eigenvalue weighted by atomic mass is 9.94. The van der Waals surface area contributed by atoms with Gasteiger partial charge in [-0.3, -0.25) is 14.5 Å². The predicted octanol–water partition coefficient (Wildman–Crippen LogP) is 3.66. The summed E-state index contributed by atoms with van der Waals surface area (Å²) in [5.74, 6) is -1.06. The summed E-state index contributed by atoms with van der Waals surface area (Å²) in [6.45, 7) is 5.82. The molecule has 8 nitrogen and oxygen atoms in total. The summed E-state index contributed by atoms with van der Waals surface area (Å²) in [7, 11) is 1.53. The van der Waals surface area contributed by atoms with Crippen LogP contribution < -0.4 is 4.74 Å². The highest BCUT2D eigenvalue weighted by Crippen LogP contribution is 2.40. The van der Waals surface area contributed by atoms with Crippen molar-refractivity contribution in [2.75, 3.05) is 46.5 Å². The number of ether oxygens (including phenoxy) is 2. The van der Waals surface area contributed by atoms with Crippen LogP contribution in [0.4, 0.5) is 0 Å². The van der Waals surface area contributed by atoms with Gasteiger partial charge in [-0.05, 0) is 24.6 Å². The highest BCUT2D eigenvalue weighted by atomic mass is 16.5. The zero-order valence-corrected chi connectivity index (χ0v) is 19.8. The van der Waals surface area contributed by atoms with Crippen LogP contribution in [0.25, 0.3) is 11.0 Å². The highest BCUT2D eigenvalue weighted by Gasteiger charge is 2.44. The van der Waals surface area contributed by atoms with Gasteiger partial charge in [-0.25, -0.2) is 0 Å². The minimum Gasteiger partial charge on any atom is -0.503 e. The van der Waals surface area contributed by atoms with Gasteiger partial charge in [0.2, 0.25) is 5.78 Å². The molecule has 3 aromatic rings. The number of amides is 1. The SMILES string of the molecule is COc1cccc2cc(C(=O)C3=C(O)C(=O)N(CCN4CCOCC4)C3c3ccc(C)cc3)oc12. The summed E-state index contributed by atoms with van der Waals surface area (Å²) in [6.07, 6.45) is 0. The molecule has 5 rings (SSSR count). The quantitative estimate of drug-likeness (QED) is 0.520. The van der Waals surface area contributed by atoms with E-state index in [1.807, 2.05) is 43.3 Å². The Bertz CT molecular complexity index is 1290. The maximum absolute atomic E-state index is 13.7. The fraction of sp³-hybridized carbons (Fsp3) is 0.333. The molecule has 182 valence electrons. The van der Waals surface area contributed by atoms with Gasteiger partial charge in [-0.2, -0.15) is 0 Å². The number of hydrogen-bond acceptors (Lipinski definition) is 7. The number of rotatable bonds is 7. The lowest BCUT2D eigenvalue weighted by molar-refractivity contribution is -0.129. The van der Waals surface area contributed by atoms with Crippen LogP contribution in [0, 0.1) is 6.92 Å². The third-order valence-electron chi connectivity index (χ3n) is 6.65. The molecule has 0 radical (unpaired) electrons. The highest BCUT2D eigenvalue weighted by molar-refractivity contribution is 6.16. The van der Waals surface area contributed by atoms with E-state index in [1.54, 1.807) is 17.0 Å². The number of aliphatic hydroxyl groups excluding tert-OH is 1. The Balaban J connectivity index is 1.51. The van der Waals surface area contributed by atoms with E-state index in [9.17, 15) is 14.7 Å². The number of para-hydroxylation sites is 1. The topological polar surface area (TPSA) is 92.5 Å². The number of aryl methyl sites for hydroxylation is 1. The third-order valence-corrected chi connectivity index (χ3v) is 6.65. The number of Topliss-reactive ketones (excluding diaryl/α,β-unsaturated/α-hetero) is 1. The predicted molar refractivity (Wildman–Crippen MR) is 130 cm³/mol. The van der Waals surface area contributed by atoms with Crippen molar-refractivity contribution in [3.05, 3.63) is 76.8 Å². The Morgan fingerprint density at radius 2 is 1.86 bits per heavy atom. The van der Waals surface area contributed by atoms with Crippen molar-refractivity contribution in [1.82, 2.24) is 9.80 Å². The lowest BCUT2D eigenvalue weighted by Gasteiger charge is -2.31. The smallest absolute Gasteiger partial charge is 0.290 e. The Labute approximate surface area is 203 Å². The number of hydrogen-bond donors (Lipinski definition) is 1. The van der Waals surface area contributed by atoms with Crippen LogP contribution in [0.1, 0.15) is 27.7 Å². The number of fused-ring (bicyclic) bond motifs is 1. The number of benzene rings is 2. The van der Waals surface area contributed by atoms with Crippen LogP contribution in [0.15, 0.2) is 64.3 Å². The first-order valence-electron chi connectivity index (χ1n) is 11.7. The summed E-state index contributed by atoms with van der Waals surface area (Å²) >= 11 is 0. The standard InChI is InChI=1S/C27H28N2O6/c1-17-6-8-18(9-7-17)23-22(24(30)21-16-19-4-3-5-20(33-2)26(19)35-21)25(31)27(32)29(23)11-10-28-12-14-34-15-13-28/h3-9,16,23,31H,10-15H2,1-2H3. The number of morpholine rings is 1. The molecule has 1 unspecified atom stereocenters. The van der Waals surface area contributed by atoms with E-state index in [1.165, 1.54) is 7.11 Å². The fourth-order valence-corrected chi connectivity index (χ4v) is 4.73. The molecule has 1 saturated heterocycles. The number of carbonyl (C=O) groups is 2. The van der Waals surface area contributed by atoms with Crippen molar-refractivity contribution in [2.45, 2.75) is 13.0 Å². The van der Waals surface area contributed by atoms with Crippen LogP contribution in [-0.4, -0.2) is 73.1 Å². The number of aliphatic hydroxyl groups is 1. The molecule has 2 aromatic carbocycles. The average Bonchev–Trinajstić information content (AvgIpc) is 3.43.